The second kappa shape index (κ2) is 10.3. The average Bonchev–Trinajstić information content (AvgIpc) is 2.78. The van der Waals surface area contributed by atoms with Crippen LogP contribution in [-0.2, 0) is 8.85 Å². The highest BCUT2D eigenvalue weighted by Gasteiger charge is 2.37. The van der Waals surface area contributed by atoms with Crippen LogP contribution in [0.3, 0.4) is 0 Å². The summed E-state index contributed by atoms with van der Waals surface area (Å²) in [6.07, 6.45) is 1.09. The van der Waals surface area contributed by atoms with Crippen molar-refractivity contribution in [1.29, 1.82) is 0 Å². The molecule has 4 nitrogen and oxygen atoms in total. The Hall–Kier alpha value is -1.76. The topological polar surface area (TPSA) is 24.9 Å². The van der Waals surface area contributed by atoms with Crippen LogP contribution in [0.2, 0.25) is 6.04 Å². The minimum Gasteiger partial charge on any atom is -0.394 e. The van der Waals surface area contributed by atoms with Crippen LogP contribution in [0, 0.1) is 0 Å². The Balaban J connectivity index is 1.65. The average molecular weight is 411 g/mol. The Morgan fingerprint density at radius 2 is 1.48 bits per heavy atom. The van der Waals surface area contributed by atoms with Gasteiger partial charge in [-0.1, -0.05) is 61.2 Å². The minimum absolute atomic E-state index is 0.964. The van der Waals surface area contributed by atoms with Gasteiger partial charge < -0.3 is 18.7 Å². The molecule has 1 heterocycles. The first kappa shape index (κ1) is 21.9. The first-order chi connectivity index (χ1) is 14.1. The molecular weight excluding hydrogens is 376 g/mol. The molecule has 1 fully saturated rings. The van der Waals surface area contributed by atoms with Crippen LogP contribution in [-0.4, -0.2) is 72.4 Å². The van der Waals surface area contributed by atoms with Gasteiger partial charge in [-0.3, -0.25) is 0 Å². The van der Waals surface area contributed by atoms with Crippen molar-refractivity contribution in [2.75, 3.05) is 54.0 Å². The van der Waals surface area contributed by atoms with E-state index in [2.05, 4.69) is 59.8 Å². The van der Waals surface area contributed by atoms with Crippen LogP contribution in [0.25, 0.3) is 5.57 Å². The molecule has 1 aliphatic heterocycles. The summed E-state index contributed by atoms with van der Waals surface area (Å²) in [4.78, 5) is 4.95. The summed E-state index contributed by atoms with van der Waals surface area (Å²) in [6, 6.07) is 19.9. The van der Waals surface area contributed by atoms with E-state index < -0.39 is 8.56 Å². The van der Waals surface area contributed by atoms with Gasteiger partial charge in [-0.25, -0.2) is 0 Å². The molecule has 0 unspecified atom stereocenters. The molecule has 0 spiro atoms. The molecule has 2 aromatic rings. The van der Waals surface area contributed by atoms with Crippen LogP contribution in [0.4, 0.5) is 0 Å². The molecule has 156 valence electrons. The maximum absolute atomic E-state index is 6.03. The lowest BCUT2D eigenvalue weighted by Gasteiger charge is -2.33. The number of nitrogens with zero attached hydrogens (tertiary/aromatic N) is 2. The number of benzene rings is 2. The summed E-state index contributed by atoms with van der Waals surface area (Å²) in [5, 5.41) is 1.19. The molecule has 0 N–H and O–H groups in total. The fourth-order valence-electron chi connectivity index (χ4n) is 4.01. The third-order valence-corrected chi connectivity index (χ3v) is 9.57. The smallest absolute Gasteiger partial charge is 0.372 e. The number of rotatable bonds is 9. The van der Waals surface area contributed by atoms with E-state index in [1.54, 1.807) is 14.2 Å². The first-order valence-corrected chi connectivity index (χ1v) is 12.5. The highest BCUT2D eigenvalue weighted by Crippen LogP contribution is 2.22. The van der Waals surface area contributed by atoms with Gasteiger partial charge in [0, 0.05) is 40.4 Å². The van der Waals surface area contributed by atoms with Gasteiger partial charge in [0.25, 0.3) is 0 Å². The fraction of sp³-hybridized carbons (Fsp3) is 0.417. The zero-order chi connectivity index (χ0) is 20.7. The van der Waals surface area contributed by atoms with Gasteiger partial charge in [-0.2, -0.15) is 0 Å². The largest absolute Gasteiger partial charge is 0.394 e. The van der Waals surface area contributed by atoms with Crippen molar-refractivity contribution in [1.82, 2.24) is 9.80 Å². The van der Waals surface area contributed by atoms with E-state index in [1.807, 2.05) is 18.2 Å². The van der Waals surface area contributed by atoms with Crippen LogP contribution < -0.4 is 5.19 Å². The molecule has 0 bridgehead atoms. The maximum atomic E-state index is 6.03. The molecule has 0 radical (unpaired) electrons. The van der Waals surface area contributed by atoms with Crippen molar-refractivity contribution in [2.24, 2.45) is 0 Å². The lowest BCUT2D eigenvalue weighted by atomic mass is 10.00. The predicted octanol–water partition coefficient (Wildman–Crippen LogP) is 3.33. The van der Waals surface area contributed by atoms with Gasteiger partial charge in [-0.15, -0.1) is 0 Å². The molecule has 5 heteroatoms. The molecule has 2 aromatic carbocycles. The standard InChI is InChI=1S/C24H34N2O2Si/c1-21(22-9-6-5-7-10-22)23-11-13-24(14-12-23)29(27-3,28-4)20-8-15-26-18-16-25(2)17-19-26/h5-7,9-14H,1,8,15-20H2,2-4H3. The lowest BCUT2D eigenvalue weighted by molar-refractivity contribution is 0.152. The van der Waals surface area contributed by atoms with E-state index in [0.717, 1.165) is 61.9 Å². The zero-order valence-electron chi connectivity index (χ0n) is 18.1. The predicted molar refractivity (Wildman–Crippen MR) is 124 cm³/mol. The van der Waals surface area contributed by atoms with Crippen molar-refractivity contribution < 1.29 is 8.85 Å². The second-order valence-corrected chi connectivity index (χ2v) is 11.2. The molecule has 0 aliphatic carbocycles. The highest BCUT2D eigenvalue weighted by molar-refractivity contribution is 6.81. The van der Waals surface area contributed by atoms with Crippen molar-refractivity contribution in [3.63, 3.8) is 0 Å². The third kappa shape index (κ3) is 5.44. The van der Waals surface area contributed by atoms with Crippen molar-refractivity contribution in [3.05, 3.63) is 72.3 Å². The van der Waals surface area contributed by atoms with Gasteiger partial charge in [0.2, 0.25) is 0 Å². The van der Waals surface area contributed by atoms with E-state index in [-0.39, 0.29) is 0 Å². The van der Waals surface area contributed by atoms with Crippen molar-refractivity contribution in [3.8, 4) is 0 Å². The molecule has 0 saturated carbocycles. The molecule has 1 aliphatic rings. The highest BCUT2D eigenvalue weighted by atomic mass is 28.4. The summed E-state index contributed by atoms with van der Waals surface area (Å²) in [7, 11) is 3.36. The van der Waals surface area contributed by atoms with Crippen LogP contribution in [0.5, 0.6) is 0 Å². The van der Waals surface area contributed by atoms with Crippen LogP contribution in [0.1, 0.15) is 17.5 Å². The quantitative estimate of drug-likeness (QED) is 0.592. The van der Waals surface area contributed by atoms with E-state index in [4.69, 9.17) is 8.85 Å². The summed E-state index contributed by atoms with van der Waals surface area (Å²) in [5.74, 6) is 0. The van der Waals surface area contributed by atoms with Gasteiger partial charge in [-0.05, 0) is 47.9 Å². The Morgan fingerprint density at radius 1 is 0.897 bits per heavy atom. The summed E-state index contributed by atoms with van der Waals surface area (Å²) < 4.78 is 12.1. The second-order valence-electron chi connectivity index (χ2n) is 7.83. The van der Waals surface area contributed by atoms with Crippen molar-refractivity contribution in [2.45, 2.75) is 12.5 Å². The number of hydrogen-bond donors (Lipinski definition) is 0. The zero-order valence-corrected chi connectivity index (χ0v) is 19.1. The number of likely N-dealkylation sites (N-methyl/N-ethyl adjacent to an activating group) is 1. The van der Waals surface area contributed by atoms with Crippen molar-refractivity contribution >= 4 is 19.3 Å². The molecule has 3 rings (SSSR count). The number of piperazine rings is 1. The Kier molecular flexibility index (Phi) is 7.81. The summed E-state index contributed by atoms with van der Waals surface area (Å²) in [5.41, 5.74) is 3.32. The van der Waals surface area contributed by atoms with Gasteiger partial charge in [0.05, 0.1) is 0 Å². The Morgan fingerprint density at radius 3 is 2.07 bits per heavy atom. The van der Waals surface area contributed by atoms with Crippen LogP contribution >= 0.6 is 0 Å². The lowest BCUT2D eigenvalue weighted by Crippen LogP contribution is -2.53. The first-order valence-electron chi connectivity index (χ1n) is 10.4. The molecule has 0 atom stereocenters. The normalized spacial score (nSPS) is 16.1. The van der Waals surface area contributed by atoms with Crippen LogP contribution in [0.15, 0.2) is 61.2 Å². The van der Waals surface area contributed by atoms with Gasteiger partial charge >= 0.3 is 8.56 Å². The molecule has 0 aromatic heterocycles. The number of hydrogen-bond acceptors (Lipinski definition) is 4. The summed E-state index contributed by atoms with van der Waals surface area (Å²) >= 11 is 0. The summed E-state index contributed by atoms with van der Waals surface area (Å²) in [6.45, 7) is 10.0. The van der Waals surface area contributed by atoms with E-state index >= 15 is 0 Å². The van der Waals surface area contributed by atoms with Gasteiger partial charge in [0.15, 0.2) is 0 Å². The SMILES string of the molecule is C=C(c1ccccc1)c1ccc([Si](CCCN2CCN(C)CC2)(OC)OC)cc1. The molecular formula is C24H34N2O2Si. The Bertz CT molecular complexity index is 767. The van der Waals surface area contributed by atoms with E-state index in [1.165, 1.54) is 5.19 Å². The van der Waals surface area contributed by atoms with Gasteiger partial charge in [0.1, 0.15) is 0 Å². The Labute approximate surface area is 177 Å². The molecule has 1 saturated heterocycles. The molecule has 0 amide bonds. The molecule has 29 heavy (non-hydrogen) atoms. The monoisotopic (exact) mass is 410 g/mol. The van der Waals surface area contributed by atoms with E-state index in [9.17, 15) is 0 Å². The minimum atomic E-state index is -2.42. The third-order valence-electron chi connectivity index (χ3n) is 6.03. The maximum Gasteiger partial charge on any atom is 0.372 e. The van der Waals surface area contributed by atoms with E-state index in [0.29, 0.717) is 0 Å². The fourth-order valence-corrected chi connectivity index (χ4v) is 6.64.